The van der Waals surface area contributed by atoms with E-state index in [2.05, 4.69) is 20.9 Å². The largest absolute Gasteiger partial charge is 0.496 e. The molecule has 1 aromatic heterocycles. The minimum absolute atomic E-state index is 0.0998. The van der Waals surface area contributed by atoms with Gasteiger partial charge in [-0.05, 0) is 42.8 Å². The van der Waals surface area contributed by atoms with E-state index in [-0.39, 0.29) is 6.42 Å². The third kappa shape index (κ3) is 4.18. The van der Waals surface area contributed by atoms with Crippen molar-refractivity contribution in [1.29, 1.82) is 0 Å². The first-order valence-corrected chi connectivity index (χ1v) is 7.49. The minimum Gasteiger partial charge on any atom is -0.496 e. The van der Waals surface area contributed by atoms with Gasteiger partial charge in [0, 0.05) is 15.7 Å². The van der Waals surface area contributed by atoms with Gasteiger partial charge in [-0.3, -0.25) is 9.78 Å². The maximum absolute atomic E-state index is 11.1. The number of hydrogen-bond acceptors (Lipinski definition) is 3. The fraction of sp³-hybridized carbons (Fsp3) is 0.176. The predicted octanol–water partition coefficient (Wildman–Crippen LogP) is 3.96. The first-order chi connectivity index (χ1) is 10.5. The molecule has 5 heteroatoms. The normalized spacial score (nSPS) is 10.9. The van der Waals surface area contributed by atoms with E-state index in [1.165, 1.54) is 7.11 Å². The van der Waals surface area contributed by atoms with Gasteiger partial charge < -0.3 is 9.84 Å². The van der Waals surface area contributed by atoms with Crippen molar-refractivity contribution in [2.24, 2.45) is 0 Å². The van der Waals surface area contributed by atoms with Crippen LogP contribution in [-0.4, -0.2) is 23.2 Å². The highest BCUT2D eigenvalue weighted by molar-refractivity contribution is 9.10. The maximum atomic E-state index is 11.1. The van der Waals surface area contributed by atoms with Gasteiger partial charge in [-0.15, -0.1) is 0 Å². The highest BCUT2D eigenvalue weighted by atomic mass is 79.9. The highest BCUT2D eigenvalue weighted by Crippen LogP contribution is 2.29. The summed E-state index contributed by atoms with van der Waals surface area (Å²) in [4.78, 5) is 15.5. The number of ether oxygens (including phenoxy) is 1. The van der Waals surface area contributed by atoms with E-state index in [1.54, 1.807) is 6.07 Å². The maximum Gasteiger partial charge on any atom is 0.307 e. The molecule has 0 atom stereocenters. The Morgan fingerprint density at radius 3 is 2.77 bits per heavy atom. The Balaban J connectivity index is 2.44. The molecular weight excluding hydrogens is 346 g/mol. The fourth-order valence-electron chi connectivity index (χ4n) is 2.14. The Morgan fingerprint density at radius 2 is 2.14 bits per heavy atom. The Labute approximate surface area is 137 Å². The van der Waals surface area contributed by atoms with Crippen LogP contribution in [0.15, 0.2) is 34.8 Å². The summed E-state index contributed by atoms with van der Waals surface area (Å²) in [6.07, 6.45) is 3.62. The van der Waals surface area contributed by atoms with E-state index in [4.69, 9.17) is 9.84 Å². The molecule has 2 aromatic rings. The highest BCUT2D eigenvalue weighted by Gasteiger charge is 2.13. The lowest BCUT2D eigenvalue weighted by Crippen LogP contribution is -2.04. The summed E-state index contributed by atoms with van der Waals surface area (Å²) >= 11 is 3.42. The number of carboxylic acid groups (broad SMARTS) is 1. The molecular formula is C17H16BrNO3. The van der Waals surface area contributed by atoms with Crippen LogP contribution < -0.4 is 4.74 Å². The van der Waals surface area contributed by atoms with E-state index in [0.717, 1.165) is 21.4 Å². The van der Waals surface area contributed by atoms with Crippen LogP contribution in [0.4, 0.5) is 0 Å². The minimum atomic E-state index is -0.899. The lowest BCUT2D eigenvalue weighted by atomic mass is 10.0. The number of nitrogens with zero attached hydrogens (tertiary/aromatic N) is 1. The number of aryl methyl sites for hydroxylation is 1. The van der Waals surface area contributed by atoms with Crippen LogP contribution in [0.1, 0.15) is 22.5 Å². The average Bonchev–Trinajstić information content (AvgIpc) is 2.46. The van der Waals surface area contributed by atoms with E-state index < -0.39 is 5.97 Å². The molecule has 1 heterocycles. The molecule has 0 bridgehead atoms. The zero-order valence-corrected chi connectivity index (χ0v) is 13.9. The van der Waals surface area contributed by atoms with Crippen molar-refractivity contribution in [2.75, 3.05) is 7.11 Å². The zero-order valence-electron chi connectivity index (χ0n) is 12.3. The molecule has 1 aromatic carbocycles. The summed E-state index contributed by atoms with van der Waals surface area (Å²) < 4.78 is 6.13. The molecule has 22 heavy (non-hydrogen) atoms. The van der Waals surface area contributed by atoms with Gasteiger partial charge >= 0.3 is 5.97 Å². The number of aromatic nitrogens is 1. The summed E-state index contributed by atoms with van der Waals surface area (Å²) in [5.41, 5.74) is 3.18. The number of halogens is 1. The number of methoxy groups -OCH3 is 1. The Kier molecular flexibility index (Phi) is 5.33. The van der Waals surface area contributed by atoms with Gasteiger partial charge in [-0.25, -0.2) is 0 Å². The molecule has 0 aliphatic rings. The van der Waals surface area contributed by atoms with Crippen LogP contribution in [0.2, 0.25) is 0 Å². The molecule has 0 amide bonds. The molecule has 4 nitrogen and oxygen atoms in total. The van der Waals surface area contributed by atoms with E-state index in [9.17, 15) is 4.79 Å². The fourth-order valence-corrected chi connectivity index (χ4v) is 2.59. The summed E-state index contributed by atoms with van der Waals surface area (Å²) in [6.45, 7) is 1.93. The van der Waals surface area contributed by atoms with Gasteiger partial charge in [0.2, 0.25) is 0 Å². The Morgan fingerprint density at radius 1 is 1.36 bits per heavy atom. The summed E-state index contributed by atoms with van der Waals surface area (Å²) in [5, 5.41) is 9.10. The monoisotopic (exact) mass is 361 g/mol. The SMILES string of the molecule is COc1cc(Br)cc(C=Cc2cccc(C)n2)c1CC(=O)O. The lowest BCUT2D eigenvalue weighted by molar-refractivity contribution is -0.136. The second-order valence-electron chi connectivity index (χ2n) is 4.78. The predicted molar refractivity (Wildman–Crippen MR) is 89.9 cm³/mol. The van der Waals surface area contributed by atoms with Crippen LogP contribution in [0, 0.1) is 6.92 Å². The van der Waals surface area contributed by atoms with E-state index in [0.29, 0.717) is 11.3 Å². The van der Waals surface area contributed by atoms with Crippen LogP contribution in [0.3, 0.4) is 0 Å². The van der Waals surface area contributed by atoms with Crippen molar-refractivity contribution >= 4 is 34.1 Å². The number of hydrogen-bond donors (Lipinski definition) is 1. The number of carboxylic acids is 1. The molecule has 0 spiro atoms. The van der Waals surface area contributed by atoms with Crippen molar-refractivity contribution in [1.82, 2.24) is 4.98 Å². The second kappa shape index (κ2) is 7.22. The molecule has 2 rings (SSSR count). The van der Waals surface area contributed by atoms with Crippen molar-refractivity contribution < 1.29 is 14.6 Å². The zero-order chi connectivity index (χ0) is 16.1. The number of aliphatic carboxylic acids is 1. The van der Waals surface area contributed by atoms with Gasteiger partial charge in [0.15, 0.2) is 0 Å². The Hall–Kier alpha value is -2.14. The third-order valence-electron chi connectivity index (χ3n) is 3.10. The molecule has 0 saturated carbocycles. The van der Waals surface area contributed by atoms with E-state index >= 15 is 0 Å². The summed E-state index contributed by atoms with van der Waals surface area (Å²) in [6, 6.07) is 9.39. The number of carbonyl (C=O) groups is 1. The van der Waals surface area contributed by atoms with Gasteiger partial charge in [0.25, 0.3) is 0 Å². The average molecular weight is 362 g/mol. The summed E-state index contributed by atoms with van der Waals surface area (Å²) in [5.74, 6) is -0.349. The van der Waals surface area contributed by atoms with Crippen molar-refractivity contribution in [3.05, 3.63) is 57.3 Å². The molecule has 0 saturated heterocycles. The van der Waals surface area contributed by atoms with Gasteiger partial charge in [-0.2, -0.15) is 0 Å². The molecule has 0 radical (unpaired) electrons. The van der Waals surface area contributed by atoms with Gasteiger partial charge in [0.05, 0.1) is 19.2 Å². The van der Waals surface area contributed by atoms with Crippen LogP contribution >= 0.6 is 15.9 Å². The van der Waals surface area contributed by atoms with Crippen molar-refractivity contribution in [3.8, 4) is 5.75 Å². The van der Waals surface area contributed by atoms with Gasteiger partial charge in [0.1, 0.15) is 5.75 Å². The topological polar surface area (TPSA) is 59.4 Å². The van der Waals surface area contributed by atoms with Crippen LogP contribution in [0.25, 0.3) is 12.2 Å². The van der Waals surface area contributed by atoms with Crippen molar-refractivity contribution in [2.45, 2.75) is 13.3 Å². The van der Waals surface area contributed by atoms with Crippen LogP contribution in [0.5, 0.6) is 5.75 Å². The van der Waals surface area contributed by atoms with Gasteiger partial charge in [-0.1, -0.05) is 28.1 Å². The smallest absolute Gasteiger partial charge is 0.307 e. The lowest BCUT2D eigenvalue weighted by Gasteiger charge is -2.11. The summed E-state index contributed by atoms with van der Waals surface area (Å²) in [7, 11) is 1.53. The first kappa shape index (κ1) is 16.2. The molecule has 0 unspecified atom stereocenters. The molecule has 1 N–H and O–H groups in total. The Bertz CT molecular complexity index is 726. The standard InChI is InChI=1S/C17H16BrNO3/c1-11-4-3-5-14(19-11)7-6-12-8-13(18)9-16(22-2)15(12)10-17(20)21/h3-9H,10H2,1-2H3,(H,20,21). The molecule has 114 valence electrons. The molecule has 0 aliphatic carbocycles. The second-order valence-corrected chi connectivity index (χ2v) is 5.70. The van der Waals surface area contributed by atoms with E-state index in [1.807, 2.05) is 43.3 Å². The third-order valence-corrected chi connectivity index (χ3v) is 3.56. The van der Waals surface area contributed by atoms with Crippen LogP contribution in [-0.2, 0) is 11.2 Å². The number of benzene rings is 1. The number of rotatable bonds is 5. The first-order valence-electron chi connectivity index (χ1n) is 6.69. The quantitative estimate of drug-likeness (QED) is 0.875. The molecule has 0 aliphatic heterocycles. The molecule has 0 fully saturated rings. The van der Waals surface area contributed by atoms with Crippen molar-refractivity contribution in [3.63, 3.8) is 0 Å². The number of pyridine rings is 1.